The van der Waals surface area contributed by atoms with E-state index in [4.69, 9.17) is 5.73 Å². The number of nitrogens with zero attached hydrogens (tertiary/aromatic N) is 3. The quantitative estimate of drug-likeness (QED) is 0.350. The molecule has 2 aromatic rings. The highest BCUT2D eigenvalue weighted by Crippen LogP contribution is 2.42. The predicted molar refractivity (Wildman–Crippen MR) is 109 cm³/mol. The second-order valence-electron chi connectivity index (χ2n) is 6.41. The summed E-state index contributed by atoms with van der Waals surface area (Å²) in [5.74, 6) is -1.24. The van der Waals surface area contributed by atoms with Crippen molar-refractivity contribution in [1.82, 2.24) is 0 Å². The van der Waals surface area contributed by atoms with Crippen molar-refractivity contribution in [3.8, 4) is 6.07 Å². The lowest BCUT2D eigenvalue weighted by atomic mass is 10.1. The largest absolute Gasteiger partial charge is 0.365 e. The van der Waals surface area contributed by atoms with Crippen LogP contribution in [0, 0.1) is 28.4 Å². The number of nitro groups is 1. The highest BCUT2D eigenvalue weighted by Gasteiger charge is 2.40. The van der Waals surface area contributed by atoms with Gasteiger partial charge in [-0.15, -0.1) is 0 Å². The summed E-state index contributed by atoms with van der Waals surface area (Å²) in [6.07, 6.45) is 0.203. The highest BCUT2D eigenvalue weighted by molar-refractivity contribution is 8.05. The maximum Gasteiger partial charge on any atom is 0.269 e. The van der Waals surface area contributed by atoms with E-state index >= 15 is 0 Å². The lowest BCUT2D eigenvalue weighted by Crippen LogP contribution is -2.31. The van der Waals surface area contributed by atoms with Crippen molar-refractivity contribution < 1.29 is 14.5 Å². The predicted octanol–water partition coefficient (Wildman–Crippen LogP) is 2.81. The number of amides is 2. The first-order chi connectivity index (χ1) is 13.8. The molecule has 0 aromatic heterocycles. The third-order valence-electron chi connectivity index (χ3n) is 4.33. The van der Waals surface area contributed by atoms with Crippen LogP contribution in [0.4, 0.5) is 11.4 Å². The van der Waals surface area contributed by atoms with Gasteiger partial charge in [0.1, 0.15) is 16.7 Å². The van der Waals surface area contributed by atoms with E-state index in [0.29, 0.717) is 11.3 Å². The van der Waals surface area contributed by atoms with Gasteiger partial charge < -0.3 is 5.73 Å². The Hall–Kier alpha value is -3.64. The zero-order valence-electron chi connectivity index (χ0n) is 15.4. The normalized spacial score (nSPS) is 17.7. The topological polar surface area (TPSA) is 130 Å². The summed E-state index contributed by atoms with van der Waals surface area (Å²) >= 11 is 1.06. The Morgan fingerprint density at radius 3 is 2.66 bits per heavy atom. The summed E-state index contributed by atoms with van der Waals surface area (Å²) in [5.41, 5.74) is 7.01. The first-order valence-electron chi connectivity index (χ1n) is 8.56. The maximum absolute atomic E-state index is 13.2. The molecule has 1 fully saturated rings. The van der Waals surface area contributed by atoms with Crippen molar-refractivity contribution in [2.75, 3.05) is 4.90 Å². The number of carbonyl (C=O) groups is 2. The minimum atomic E-state index is -0.920. The molecule has 1 aliphatic heterocycles. The van der Waals surface area contributed by atoms with Crippen LogP contribution < -0.4 is 10.6 Å². The van der Waals surface area contributed by atoms with Gasteiger partial charge >= 0.3 is 0 Å². The van der Waals surface area contributed by atoms with E-state index in [2.05, 4.69) is 0 Å². The van der Waals surface area contributed by atoms with Crippen molar-refractivity contribution in [3.63, 3.8) is 0 Å². The molecule has 0 unspecified atom stereocenters. The van der Waals surface area contributed by atoms with Gasteiger partial charge in [0, 0.05) is 17.8 Å². The first-order valence-corrected chi connectivity index (χ1v) is 9.44. The number of hydrogen-bond acceptors (Lipinski definition) is 6. The van der Waals surface area contributed by atoms with Gasteiger partial charge in [-0.2, -0.15) is 5.26 Å². The number of rotatable bonds is 5. The smallest absolute Gasteiger partial charge is 0.269 e. The molecule has 3 rings (SSSR count). The van der Waals surface area contributed by atoms with Crippen LogP contribution in [0.3, 0.4) is 0 Å². The number of benzene rings is 2. The van der Waals surface area contributed by atoms with Crippen LogP contribution in [0.25, 0.3) is 0 Å². The van der Waals surface area contributed by atoms with E-state index < -0.39 is 16.1 Å². The molecule has 1 aliphatic rings. The Kier molecular flexibility index (Phi) is 5.66. The Balaban J connectivity index is 2.03. The molecular weight excluding hydrogens is 392 g/mol. The second-order valence-corrected chi connectivity index (χ2v) is 7.60. The molecule has 2 N–H and O–H groups in total. The fourth-order valence-corrected chi connectivity index (χ4v) is 4.33. The van der Waals surface area contributed by atoms with E-state index in [1.165, 1.54) is 17.0 Å². The van der Waals surface area contributed by atoms with Crippen LogP contribution in [0.15, 0.2) is 59.1 Å². The number of non-ortho nitro benzene ring substituents is 1. The van der Waals surface area contributed by atoms with E-state index in [9.17, 15) is 25.0 Å². The molecule has 9 heteroatoms. The SMILES string of the molecule is Cc1cccc(N2C(=O)[C@@H](Cc3cccc([N+](=O)[O-])c3)S/C2=C(/C#N)C(N)=O)c1. The van der Waals surface area contributed by atoms with Gasteiger partial charge in [-0.05, 0) is 36.6 Å². The van der Waals surface area contributed by atoms with Crippen molar-refractivity contribution >= 4 is 35.0 Å². The minimum Gasteiger partial charge on any atom is -0.365 e. The summed E-state index contributed by atoms with van der Waals surface area (Å²) in [6, 6.07) is 14.9. The van der Waals surface area contributed by atoms with E-state index in [0.717, 1.165) is 17.3 Å². The number of aryl methyl sites for hydroxylation is 1. The molecule has 1 atom stereocenters. The van der Waals surface area contributed by atoms with Gasteiger partial charge in [0.2, 0.25) is 5.91 Å². The average Bonchev–Trinajstić information content (AvgIpc) is 2.98. The van der Waals surface area contributed by atoms with Crippen molar-refractivity contribution in [2.45, 2.75) is 18.6 Å². The van der Waals surface area contributed by atoms with Gasteiger partial charge in [0.25, 0.3) is 11.6 Å². The van der Waals surface area contributed by atoms with Crippen LogP contribution in [-0.2, 0) is 16.0 Å². The van der Waals surface area contributed by atoms with Gasteiger partial charge in [0.05, 0.1) is 10.2 Å². The van der Waals surface area contributed by atoms with Crippen LogP contribution >= 0.6 is 11.8 Å². The minimum absolute atomic E-state index is 0.0703. The van der Waals surface area contributed by atoms with Gasteiger partial charge in [-0.3, -0.25) is 24.6 Å². The van der Waals surface area contributed by atoms with Gasteiger partial charge in [-0.1, -0.05) is 36.0 Å². The summed E-state index contributed by atoms with van der Waals surface area (Å²) in [4.78, 5) is 36.8. The third-order valence-corrected chi connectivity index (χ3v) is 5.59. The zero-order chi connectivity index (χ0) is 21.1. The maximum atomic E-state index is 13.2. The standard InChI is InChI=1S/C20H16N4O4S/c1-12-4-2-6-14(8-12)23-19(26)17(29-20(23)16(11-21)18(22)25)10-13-5-3-7-15(9-13)24(27)28/h2-9,17H,10H2,1H3,(H2,22,25)/b20-16-/t17-/m1/s1. The summed E-state index contributed by atoms with van der Waals surface area (Å²) in [5, 5.41) is 19.9. The fraction of sp³-hybridized carbons (Fsp3) is 0.150. The van der Waals surface area contributed by atoms with Crippen molar-refractivity contribution in [2.24, 2.45) is 5.73 Å². The summed E-state index contributed by atoms with van der Waals surface area (Å²) < 4.78 is 0. The molecule has 0 saturated carbocycles. The van der Waals surface area contributed by atoms with Gasteiger partial charge in [-0.25, -0.2) is 0 Å². The Morgan fingerprint density at radius 1 is 1.31 bits per heavy atom. The number of nitro benzene ring substituents is 1. The van der Waals surface area contributed by atoms with Crippen molar-refractivity contribution in [3.05, 3.63) is 80.4 Å². The third kappa shape index (κ3) is 4.12. The monoisotopic (exact) mass is 408 g/mol. The number of primary amides is 1. The molecule has 2 amide bonds. The van der Waals surface area contributed by atoms with Crippen molar-refractivity contribution in [1.29, 1.82) is 5.26 Å². The second kappa shape index (κ2) is 8.16. The number of nitrogens with two attached hydrogens (primary N) is 1. The van der Waals surface area contributed by atoms with Crippen LogP contribution in [0.5, 0.6) is 0 Å². The molecule has 1 heterocycles. The van der Waals surface area contributed by atoms with Crippen LogP contribution in [0.1, 0.15) is 11.1 Å². The molecule has 0 radical (unpaired) electrons. The molecule has 8 nitrogen and oxygen atoms in total. The molecule has 0 aliphatic carbocycles. The average molecular weight is 408 g/mol. The Bertz CT molecular complexity index is 1090. The lowest BCUT2D eigenvalue weighted by molar-refractivity contribution is -0.384. The number of nitriles is 1. The molecule has 0 spiro atoms. The highest BCUT2D eigenvalue weighted by atomic mass is 32.2. The Labute approximate surface area is 170 Å². The molecule has 1 saturated heterocycles. The van der Waals surface area contributed by atoms with E-state index in [1.807, 2.05) is 13.0 Å². The van der Waals surface area contributed by atoms with E-state index in [-0.39, 0.29) is 28.6 Å². The molecule has 146 valence electrons. The molecular formula is C20H16N4O4S. The molecule has 29 heavy (non-hydrogen) atoms. The molecule has 2 aromatic carbocycles. The molecule has 0 bridgehead atoms. The van der Waals surface area contributed by atoms with Crippen LogP contribution in [0.2, 0.25) is 0 Å². The van der Waals surface area contributed by atoms with E-state index in [1.54, 1.807) is 36.4 Å². The number of hydrogen-bond donors (Lipinski definition) is 1. The number of thioether (sulfide) groups is 1. The Morgan fingerprint density at radius 2 is 2.03 bits per heavy atom. The first kappa shape index (κ1) is 20.1. The summed E-state index contributed by atoms with van der Waals surface area (Å²) in [6.45, 7) is 1.86. The van der Waals surface area contributed by atoms with Crippen LogP contribution in [-0.4, -0.2) is 22.0 Å². The number of carbonyl (C=O) groups excluding carboxylic acids is 2. The number of anilines is 1. The zero-order valence-corrected chi connectivity index (χ0v) is 16.2. The fourth-order valence-electron chi connectivity index (χ4n) is 3.01. The lowest BCUT2D eigenvalue weighted by Gasteiger charge is -2.18. The summed E-state index contributed by atoms with van der Waals surface area (Å²) in [7, 11) is 0. The van der Waals surface area contributed by atoms with Gasteiger partial charge in [0.15, 0.2) is 0 Å².